The number of aromatic nitrogens is 1. The molecule has 1 heterocycles. The van der Waals surface area contributed by atoms with Gasteiger partial charge in [-0.15, -0.1) is 0 Å². The van der Waals surface area contributed by atoms with Crippen molar-refractivity contribution in [2.45, 2.75) is 19.9 Å². The third-order valence-corrected chi connectivity index (χ3v) is 2.40. The van der Waals surface area contributed by atoms with Crippen molar-refractivity contribution in [3.8, 4) is 0 Å². The first-order chi connectivity index (χ1) is 8.58. The van der Waals surface area contributed by atoms with Crippen molar-refractivity contribution >= 4 is 22.8 Å². The van der Waals surface area contributed by atoms with Gasteiger partial charge in [-0.25, -0.2) is 9.78 Å². The van der Waals surface area contributed by atoms with E-state index < -0.39 is 0 Å². The van der Waals surface area contributed by atoms with Crippen molar-refractivity contribution < 1.29 is 14.3 Å². The van der Waals surface area contributed by atoms with Gasteiger partial charge in [0.1, 0.15) is 5.52 Å². The molecule has 0 fully saturated rings. The summed E-state index contributed by atoms with van der Waals surface area (Å²) < 4.78 is 5.34. The molecule has 0 radical (unpaired) electrons. The number of fused-ring (bicyclic) bond motifs is 1. The highest BCUT2D eigenvalue weighted by atomic mass is 16.3. The summed E-state index contributed by atoms with van der Waals surface area (Å²) >= 11 is 0. The molecule has 1 aromatic carbocycles. The molecule has 1 aromatic heterocycles. The summed E-state index contributed by atoms with van der Waals surface area (Å²) in [4.78, 5) is 15.7. The van der Waals surface area contributed by atoms with Crippen molar-refractivity contribution in [3.63, 3.8) is 0 Å². The van der Waals surface area contributed by atoms with E-state index >= 15 is 0 Å². The Hall–Kier alpha value is -2.08. The number of rotatable bonds is 3. The molecule has 2 aromatic rings. The van der Waals surface area contributed by atoms with Crippen molar-refractivity contribution in [2.75, 3.05) is 11.9 Å². The molecule has 2 amide bonds. The molecule has 18 heavy (non-hydrogen) atoms. The topological polar surface area (TPSA) is 87.4 Å². The monoisotopic (exact) mass is 249 g/mol. The number of urea groups is 1. The highest BCUT2D eigenvalue weighted by Gasteiger charge is 2.08. The number of amides is 2. The Bertz CT molecular complexity index is 565. The van der Waals surface area contributed by atoms with E-state index in [1.54, 1.807) is 32.0 Å². The zero-order chi connectivity index (χ0) is 13.1. The minimum absolute atomic E-state index is 0.102. The summed E-state index contributed by atoms with van der Waals surface area (Å²) in [5.74, 6) is 0.584. The molecule has 0 saturated carbocycles. The highest BCUT2D eigenvalue weighted by molar-refractivity contribution is 5.91. The van der Waals surface area contributed by atoms with E-state index in [-0.39, 0.29) is 18.7 Å². The Morgan fingerprint density at radius 2 is 2.33 bits per heavy atom. The van der Waals surface area contributed by atoms with Gasteiger partial charge in [0.25, 0.3) is 0 Å². The fourth-order valence-corrected chi connectivity index (χ4v) is 1.56. The van der Waals surface area contributed by atoms with Crippen LogP contribution in [0.4, 0.5) is 10.5 Å². The lowest BCUT2D eigenvalue weighted by atomic mass is 10.3. The molecule has 6 nitrogen and oxygen atoms in total. The predicted molar refractivity (Wildman–Crippen MR) is 67.4 cm³/mol. The molecule has 0 aliphatic heterocycles. The number of benzene rings is 1. The molecule has 3 N–H and O–H groups in total. The smallest absolute Gasteiger partial charge is 0.319 e. The molecule has 1 atom stereocenters. The Morgan fingerprint density at radius 3 is 3.06 bits per heavy atom. The number of aryl methyl sites for hydroxylation is 1. The molecule has 0 spiro atoms. The summed E-state index contributed by atoms with van der Waals surface area (Å²) in [7, 11) is 0. The van der Waals surface area contributed by atoms with Gasteiger partial charge >= 0.3 is 6.03 Å². The van der Waals surface area contributed by atoms with E-state index in [1.165, 1.54) is 0 Å². The van der Waals surface area contributed by atoms with E-state index in [2.05, 4.69) is 15.6 Å². The van der Waals surface area contributed by atoms with Crippen molar-refractivity contribution in [2.24, 2.45) is 0 Å². The van der Waals surface area contributed by atoms with Gasteiger partial charge in [-0.05, 0) is 25.1 Å². The van der Waals surface area contributed by atoms with Crippen LogP contribution in [0, 0.1) is 6.92 Å². The lowest BCUT2D eigenvalue weighted by Gasteiger charge is -2.11. The first-order valence-corrected chi connectivity index (χ1v) is 5.64. The van der Waals surface area contributed by atoms with Crippen molar-refractivity contribution in [3.05, 3.63) is 24.1 Å². The minimum atomic E-state index is -0.365. The van der Waals surface area contributed by atoms with Crippen LogP contribution < -0.4 is 10.6 Å². The highest BCUT2D eigenvalue weighted by Crippen LogP contribution is 2.19. The maximum atomic E-state index is 11.5. The number of carbonyl (C=O) groups is 1. The van der Waals surface area contributed by atoms with Gasteiger partial charge in [-0.3, -0.25) is 0 Å². The van der Waals surface area contributed by atoms with E-state index in [0.717, 1.165) is 0 Å². The van der Waals surface area contributed by atoms with Gasteiger partial charge in [0.2, 0.25) is 0 Å². The molecule has 0 unspecified atom stereocenters. The molecule has 6 heteroatoms. The number of nitrogens with zero attached hydrogens (tertiary/aromatic N) is 1. The third-order valence-electron chi connectivity index (χ3n) is 2.40. The van der Waals surface area contributed by atoms with Crippen LogP contribution in [0.2, 0.25) is 0 Å². The molecule has 0 aliphatic carbocycles. The zero-order valence-corrected chi connectivity index (χ0v) is 10.2. The van der Waals surface area contributed by atoms with Gasteiger partial charge < -0.3 is 20.2 Å². The third kappa shape index (κ3) is 2.78. The molecule has 0 bridgehead atoms. The maximum Gasteiger partial charge on any atom is 0.319 e. The van der Waals surface area contributed by atoms with E-state index in [9.17, 15) is 4.79 Å². The maximum absolute atomic E-state index is 11.5. The van der Waals surface area contributed by atoms with E-state index in [0.29, 0.717) is 22.7 Å². The summed E-state index contributed by atoms with van der Waals surface area (Å²) in [5.41, 5.74) is 2.00. The first kappa shape index (κ1) is 12.4. The van der Waals surface area contributed by atoms with Gasteiger partial charge in [-0.2, -0.15) is 0 Å². The normalized spacial score (nSPS) is 12.4. The second-order valence-electron chi connectivity index (χ2n) is 4.10. The lowest BCUT2D eigenvalue weighted by Crippen LogP contribution is -2.38. The van der Waals surface area contributed by atoms with Crippen molar-refractivity contribution in [1.82, 2.24) is 10.3 Å². The van der Waals surface area contributed by atoms with Crippen molar-refractivity contribution in [1.29, 1.82) is 0 Å². The number of aliphatic hydroxyl groups is 1. The number of hydrogen-bond donors (Lipinski definition) is 3. The Balaban J connectivity index is 2.09. The second kappa shape index (κ2) is 5.05. The number of anilines is 1. The van der Waals surface area contributed by atoms with Crippen LogP contribution in [-0.4, -0.2) is 28.8 Å². The SMILES string of the molecule is Cc1nc2cc(NC(=O)N[C@@H](C)CO)ccc2o1. The molecule has 0 aliphatic rings. The van der Waals surface area contributed by atoms with Gasteiger partial charge in [0, 0.05) is 12.6 Å². The fourth-order valence-electron chi connectivity index (χ4n) is 1.56. The molecular weight excluding hydrogens is 234 g/mol. The summed E-state index contributed by atoms with van der Waals surface area (Å²) in [6.07, 6.45) is 0. The predicted octanol–water partition coefficient (Wildman–Crippen LogP) is 1.64. The Labute approximate surface area is 104 Å². The Morgan fingerprint density at radius 1 is 1.56 bits per heavy atom. The van der Waals surface area contributed by atoms with Gasteiger partial charge in [0.05, 0.1) is 12.6 Å². The fraction of sp³-hybridized carbons (Fsp3) is 0.333. The largest absolute Gasteiger partial charge is 0.441 e. The van der Waals surface area contributed by atoms with Crippen LogP contribution in [0.25, 0.3) is 11.1 Å². The summed E-state index contributed by atoms with van der Waals surface area (Å²) in [6.45, 7) is 3.38. The molecule has 0 saturated heterocycles. The average molecular weight is 249 g/mol. The number of oxazole rings is 1. The van der Waals surface area contributed by atoms with Gasteiger partial charge in [-0.1, -0.05) is 0 Å². The van der Waals surface area contributed by atoms with Crippen LogP contribution >= 0.6 is 0 Å². The number of aliphatic hydroxyl groups excluding tert-OH is 1. The number of nitrogens with one attached hydrogen (secondary N) is 2. The Kier molecular flexibility index (Phi) is 3.47. The lowest BCUT2D eigenvalue weighted by molar-refractivity contribution is 0.229. The summed E-state index contributed by atoms with van der Waals surface area (Å²) in [5, 5.41) is 14.1. The van der Waals surface area contributed by atoms with E-state index in [4.69, 9.17) is 9.52 Å². The quantitative estimate of drug-likeness (QED) is 0.771. The molecule has 2 rings (SSSR count). The number of carbonyl (C=O) groups excluding carboxylic acids is 1. The van der Waals surface area contributed by atoms with Crippen LogP contribution in [0.1, 0.15) is 12.8 Å². The van der Waals surface area contributed by atoms with E-state index in [1.807, 2.05) is 0 Å². The average Bonchev–Trinajstić information content (AvgIpc) is 2.68. The van der Waals surface area contributed by atoms with Crippen LogP contribution in [0.3, 0.4) is 0 Å². The number of hydrogen-bond acceptors (Lipinski definition) is 4. The van der Waals surface area contributed by atoms with Gasteiger partial charge in [0.15, 0.2) is 11.5 Å². The second-order valence-corrected chi connectivity index (χ2v) is 4.10. The molecular formula is C12H15N3O3. The molecule has 96 valence electrons. The zero-order valence-electron chi connectivity index (χ0n) is 10.2. The minimum Gasteiger partial charge on any atom is -0.441 e. The first-order valence-electron chi connectivity index (χ1n) is 5.64. The summed E-state index contributed by atoms with van der Waals surface area (Å²) in [6, 6.07) is 4.56. The van der Waals surface area contributed by atoms with Crippen LogP contribution in [0.5, 0.6) is 0 Å². The van der Waals surface area contributed by atoms with Crippen LogP contribution in [0.15, 0.2) is 22.6 Å². The standard InChI is InChI=1S/C12H15N3O3/c1-7(6-16)13-12(17)15-9-3-4-11-10(5-9)14-8(2)18-11/h3-5,7,16H,6H2,1-2H3,(H2,13,15,17)/t7-/m0/s1. The van der Waals surface area contributed by atoms with Crippen LogP contribution in [-0.2, 0) is 0 Å².